The number of aryl methyl sites for hydroxylation is 2. The maximum absolute atomic E-state index is 8.50. The van der Waals surface area contributed by atoms with Crippen molar-refractivity contribution in [1.29, 1.82) is 0 Å². The molecule has 5 nitrogen and oxygen atoms in total. The van der Waals surface area contributed by atoms with E-state index in [-0.39, 0.29) is 17.9 Å². The van der Waals surface area contributed by atoms with Gasteiger partial charge in [0.1, 0.15) is 17.4 Å². The SMILES string of the molecule is Cc1cc(C(C)NC(C)CC(N)=NO)c(C)o1. The minimum atomic E-state index is 0.135. The number of oxime groups is 1. The summed E-state index contributed by atoms with van der Waals surface area (Å²) in [4.78, 5) is 0. The number of nitrogens with zero attached hydrogens (tertiary/aromatic N) is 1. The normalized spacial score (nSPS) is 15.9. The maximum atomic E-state index is 8.50. The largest absolute Gasteiger partial charge is 0.466 e. The van der Waals surface area contributed by atoms with Gasteiger partial charge in [-0.25, -0.2) is 0 Å². The van der Waals surface area contributed by atoms with Gasteiger partial charge in [-0.05, 0) is 33.8 Å². The van der Waals surface area contributed by atoms with Crippen LogP contribution in [-0.2, 0) is 0 Å². The van der Waals surface area contributed by atoms with E-state index in [1.165, 1.54) is 0 Å². The molecule has 0 aromatic carbocycles. The molecule has 0 bridgehead atoms. The van der Waals surface area contributed by atoms with Crippen molar-refractivity contribution in [2.24, 2.45) is 10.9 Å². The van der Waals surface area contributed by atoms with E-state index < -0.39 is 0 Å². The Morgan fingerprint density at radius 2 is 2.18 bits per heavy atom. The van der Waals surface area contributed by atoms with Crippen LogP contribution in [0.25, 0.3) is 0 Å². The van der Waals surface area contributed by atoms with E-state index >= 15 is 0 Å². The summed E-state index contributed by atoms with van der Waals surface area (Å²) < 4.78 is 5.49. The molecule has 0 saturated carbocycles. The molecule has 0 fully saturated rings. The summed E-state index contributed by atoms with van der Waals surface area (Å²) in [6, 6.07) is 2.34. The second-order valence-electron chi connectivity index (χ2n) is 4.45. The fraction of sp³-hybridized carbons (Fsp3) is 0.583. The number of nitrogens with one attached hydrogen (secondary N) is 1. The van der Waals surface area contributed by atoms with Gasteiger partial charge in [-0.1, -0.05) is 5.16 Å². The van der Waals surface area contributed by atoms with Crippen molar-refractivity contribution in [3.05, 3.63) is 23.2 Å². The first-order valence-electron chi connectivity index (χ1n) is 5.73. The first kappa shape index (κ1) is 13.6. The topological polar surface area (TPSA) is 83.8 Å². The molecular formula is C12H21N3O2. The van der Waals surface area contributed by atoms with Crippen LogP contribution in [0.2, 0.25) is 0 Å². The van der Waals surface area contributed by atoms with Crippen LogP contribution in [0.4, 0.5) is 0 Å². The first-order chi connectivity index (χ1) is 7.93. The van der Waals surface area contributed by atoms with Crippen LogP contribution in [0.5, 0.6) is 0 Å². The minimum Gasteiger partial charge on any atom is -0.466 e. The fourth-order valence-corrected chi connectivity index (χ4v) is 2.01. The Kier molecular flexibility index (Phi) is 4.57. The summed E-state index contributed by atoms with van der Waals surface area (Å²) in [5, 5.41) is 14.9. The fourth-order valence-electron chi connectivity index (χ4n) is 2.01. The molecule has 0 aliphatic rings. The van der Waals surface area contributed by atoms with Crippen molar-refractivity contribution in [2.75, 3.05) is 0 Å². The summed E-state index contributed by atoms with van der Waals surface area (Å²) >= 11 is 0. The molecule has 2 atom stereocenters. The third-order valence-corrected chi connectivity index (χ3v) is 2.72. The summed E-state index contributed by atoms with van der Waals surface area (Å²) in [5.74, 6) is 2.08. The average Bonchev–Trinajstić information content (AvgIpc) is 2.57. The van der Waals surface area contributed by atoms with Gasteiger partial charge in [0.2, 0.25) is 0 Å². The van der Waals surface area contributed by atoms with Gasteiger partial charge in [0.25, 0.3) is 0 Å². The maximum Gasteiger partial charge on any atom is 0.140 e. The molecule has 2 unspecified atom stereocenters. The zero-order valence-electron chi connectivity index (χ0n) is 10.8. The molecule has 0 aliphatic heterocycles. The van der Waals surface area contributed by atoms with Gasteiger partial charge in [-0.2, -0.15) is 0 Å². The van der Waals surface area contributed by atoms with Crippen LogP contribution in [0.15, 0.2) is 15.6 Å². The smallest absolute Gasteiger partial charge is 0.140 e. The van der Waals surface area contributed by atoms with Crippen LogP contribution in [0.1, 0.15) is 43.4 Å². The molecule has 1 aromatic heterocycles. The number of rotatable bonds is 5. The van der Waals surface area contributed by atoms with Gasteiger partial charge in [0, 0.05) is 24.1 Å². The number of furan rings is 1. The molecule has 0 saturated heterocycles. The minimum absolute atomic E-state index is 0.135. The van der Waals surface area contributed by atoms with Crippen LogP contribution < -0.4 is 11.1 Å². The van der Waals surface area contributed by atoms with E-state index in [0.717, 1.165) is 17.1 Å². The lowest BCUT2D eigenvalue weighted by molar-refractivity contribution is 0.315. The molecule has 17 heavy (non-hydrogen) atoms. The van der Waals surface area contributed by atoms with E-state index in [9.17, 15) is 0 Å². The standard InChI is InChI=1S/C12H21N3O2/c1-7(5-12(13)15-16)14-9(3)11-6-8(2)17-10(11)4/h6-7,9,14,16H,5H2,1-4H3,(H2,13,15). The Labute approximate surface area is 102 Å². The zero-order valence-corrected chi connectivity index (χ0v) is 10.8. The molecule has 1 rings (SSSR count). The van der Waals surface area contributed by atoms with Crippen molar-refractivity contribution in [2.45, 2.75) is 46.2 Å². The van der Waals surface area contributed by atoms with Crippen LogP contribution in [0.3, 0.4) is 0 Å². The van der Waals surface area contributed by atoms with E-state index in [0.29, 0.717) is 6.42 Å². The van der Waals surface area contributed by atoms with Crippen molar-refractivity contribution in [3.8, 4) is 0 Å². The highest BCUT2D eigenvalue weighted by Crippen LogP contribution is 2.21. The highest BCUT2D eigenvalue weighted by molar-refractivity contribution is 5.80. The Balaban J connectivity index is 2.60. The highest BCUT2D eigenvalue weighted by Gasteiger charge is 2.15. The zero-order chi connectivity index (χ0) is 13.0. The second kappa shape index (κ2) is 5.72. The quantitative estimate of drug-likeness (QED) is 0.318. The third kappa shape index (κ3) is 3.78. The molecule has 1 aromatic rings. The summed E-state index contributed by atoms with van der Waals surface area (Å²) in [5.41, 5.74) is 6.61. The molecule has 96 valence electrons. The Morgan fingerprint density at radius 3 is 2.65 bits per heavy atom. The number of amidine groups is 1. The van der Waals surface area contributed by atoms with Crippen LogP contribution in [-0.4, -0.2) is 17.1 Å². The van der Waals surface area contributed by atoms with E-state index in [1.54, 1.807) is 0 Å². The van der Waals surface area contributed by atoms with Crippen molar-refractivity contribution < 1.29 is 9.62 Å². The lowest BCUT2D eigenvalue weighted by atomic mass is 10.1. The van der Waals surface area contributed by atoms with Gasteiger partial charge in [0.05, 0.1) is 0 Å². The Bertz CT molecular complexity index is 398. The Hall–Kier alpha value is -1.49. The van der Waals surface area contributed by atoms with Crippen molar-refractivity contribution >= 4 is 5.84 Å². The lowest BCUT2D eigenvalue weighted by Gasteiger charge is -2.19. The predicted octanol–water partition coefficient (Wildman–Crippen LogP) is 2.07. The van der Waals surface area contributed by atoms with Crippen LogP contribution >= 0.6 is 0 Å². The number of hydrogen-bond acceptors (Lipinski definition) is 4. The number of hydrogen-bond donors (Lipinski definition) is 3. The van der Waals surface area contributed by atoms with Crippen molar-refractivity contribution in [1.82, 2.24) is 5.32 Å². The van der Waals surface area contributed by atoms with E-state index in [1.807, 2.05) is 26.8 Å². The van der Waals surface area contributed by atoms with Gasteiger partial charge >= 0.3 is 0 Å². The third-order valence-electron chi connectivity index (χ3n) is 2.72. The van der Waals surface area contributed by atoms with Gasteiger partial charge in [0.15, 0.2) is 0 Å². The number of nitrogens with two attached hydrogens (primary N) is 1. The summed E-state index contributed by atoms with van der Waals surface area (Å²) in [6.07, 6.45) is 0.511. The predicted molar refractivity (Wildman–Crippen MR) is 67.2 cm³/mol. The van der Waals surface area contributed by atoms with Crippen LogP contribution in [0, 0.1) is 13.8 Å². The first-order valence-corrected chi connectivity index (χ1v) is 5.73. The Morgan fingerprint density at radius 1 is 1.53 bits per heavy atom. The molecule has 1 heterocycles. The van der Waals surface area contributed by atoms with Crippen molar-refractivity contribution in [3.63, 3.8) is 0 Å². The molecule has 4 N–H and O–H groups in total. The van der Waals surface area contributed by atoms with E-state index in [2.05, 4.69) is 17.4 Å². The van der Waals surface area contributed by atoms with Gasteiger partial charge in [-0.15, -0.1) is 0 Å². The second-order valence-corrected chi connectivity index (χ2v) is 4.45. The molecule has 0 amide bonds. The van der Waals surface area contributed by atoms with Gasteiger partial charge < -0.3 is 20.7 Å². The van der Waals surface area contributed by atoms with E-state index in [4.69, 9.17) is 15.4 Å². The lowest BCUT2D eigenvalue weighted by Crippen LogP contribution is -2.33. The average molecular weight is 239 g/mol. The molecular weight excluding hydrogens is 218 g/mol. The molecule has 0 spiro atoms. The molecule has 0 aliphatic carbocycles. The highest BCUT2D eigenvalue weighted by atomic mass is 16.4. The summed E-state index contributed by atoms with van der Waals surface area (Å²) in [6.45, 7) is 7.95. The monoisotopic (exact) mass is 239 g/mol. The van der Waals surface area contributed by atoms with Gasteiger partial charge in [-0.3, -0.25) is 0 Å². The molecule has 0 radical (unpaired) electrons. The summed E-state index contributed by atoms with van der Waals surface area (Å²) in [7, 11) is 0. The molecule has 5 heteroatoms.